The summed E-state index contributed by atoms with van der Waals surface area (Å²) >= 11 is 1.91. The van der Waals surface area contributed by atoms with E-state index in [-0.39, 0.29) is 11.9 Å². The Kier molecular flexibility index (Phi) is 4.59. The molecule has 0 aromatic rings. The molecular weight excluding hydrogens is 184 g/mol. The normalized spacial score (nSPS) is 20.0. The van der Waals surface area contributed by atoms with Gasteiger partial charge in [-0.05, 0) is 6.42 Å². The smallest absolute Gasteiger partial charge is 0.239 e. The van der Waals surface area contributed by atoms with Gasteiger partial charge in [-0.3, -0.25) is 4.79 Å². The van der Waals surface area contributed by atoms with Crippen LogP contribution in [0.2, 0.25) is 0 Å². The number of thioether (sulfide) groups is 1. The summed E-state index contributed by atoms with van der Waals surface area (Å²) in [6, 6.07) is -0.270. The first kappa shape index (κ1) is 10.9. The summed E-state index contributed by atoms with van der Waals surface area (Å²) in [5, 5.41) is 0. The van der Waals surface area contributed by atoms with E-state index in [1.807, 2.05) is 16.7 Å². The van der Waals surface area contributed by atoms with Crippen molar-refractivity contribution in [3.63, 3.8) is 0 Å². The van der Waals surface area contributed by atoms with Crippen molar-refractivity contribution in [2.75, 3.05) is 24.6 Å². The maximum absolute atomic E-state index is 11.7. The van der Waals surface area contributed by atoms with Crippen molar-refractivity contribution in [3.8, 4) is 0 Å². The Morgan fingerprint density at radius 3 is 2.69 bits per heavy atom. The summed E-state index contributed by atoms with van der Waals surface area (Å²) in [4.78, 5) is 13.6. The Labute approximate surface area is 84.0 Å². The fraction of sp³-hybridized carbons (Fsp3) is 0.889. The second kappa shape index (κ2) is 5.50. The topological polar surface area (TPSA) is 46.3 Å². The van der Waals surface area contributed by atoms with Gasteiger partial charge in [-0.2, -0.15) is 11.8 Å². The molecule has 1 atom stereocenters. The van der Waals surface area contributed by atoms with Gasteiger partial charge in [0.25, 0.3) is 0 Å². The number of nitrogens with two attached hydrogens (primary N) is 1. The van der Waals surface area contributed by atoms with E-state index in [1.165, 1.54) is 0 Å². The lowest BCUT2D eigenvalue weighted by Gasteiger charge is -2.28. The van der Waals surface area contributed by atoms with E-state index in [9.17, 15) is 4.79 Å². The van der Waals surface area contributed by atoms with Crippen molar-refractivity contribution in [1.82, 2.24) is 4.90 Å². The first-order chi connectivity index (χ1) is 6.25. The number of hydrogen-bond donors (Lipinski definition) is 1. The van der Waals surface area contributed by atoms with E-state index in [1.54, 1.807) is 0 Å². The molecule has 1 amide bonds. The molecule has 4 heteroatoms. The predicted molar refractivity (Wildman–Crippen MR) is 56.8 cm³/mol. The first-order valence-corrected chi connectivity index (χ1v) is 6.03. The number of carbonyl (C=O) groups is 1. The van der Waals surface area contributed by atoms with Gasteiger partial charge in [-0.1, -0.05) is 13.3 Å². The van der Waals surface area contributed by atoms with E-state index in [0.717, 1.165) is 37.4 Å². The van der Waals surface area contributed by atoms with Gasteiger partial charge in [0.15, 0.2) is 0 Å². The van der Waals surface area contributed by atoms with Crippen LogP contribution >= 0.6 is 11.8 Å². The Morgan fingerprint density at radius 2 is 2.15 bits per heavy atom. The third-order valence-corrected chi connectivity index (χ3v) is 3.18. The van der Waals surface area contributed by atoms with Gasteiger partial charge < -0.3 is 10.6 Å². The third-order valence-electron chi connectivity index (χ3n) is 2.24. The fourth-order valence-corrected chi connectivity index (χ4v) is 2.36. The lowest BCUT2D eigenvalue weighted by Crippen LogP contribution is -2.47. The Hall–Kier alpha value is -0.220. The Balaban J connectivity index is 2.36. The zero-order valence-corrected chi connectivity index (χ0v) is 8.98. The van der Waals surface area contributed by atoms with Gasteiger partial charge in [-0.15, -0.1) is 0 Å². The van der Waals surface area contributed by atoms with E-state index < -0.39 is 0 Å². The quantitative estimate of drug-likeness (QED) is 0.732. The molecule has 1 aliphatic heterocycles. The van der Waals surface area contributed by atoms with E-state index >= 15 is 0 Å². The summed E-state index contributed by atoms with van der Waals surface area (Å²) in [7, 11) is 0. The molecule has 0 aliphatic carbocycles. The molecule has 13 heavy (non-hydrogen) atoms. The molecule has 1 aliphatic rings. The highest BCUT2D eigenvalue weighted by Crippen LogP contribution is 2.10. The van der Waals surface area contributed by atoms with Crippen molar-refractivity contribution >= 4 is 17.7 Å². The zero-order valence-electron chi connectivity index (χ0n) is 8.16. The van der Waals surface area contributed by atoms with Gasteiger partial charge in [0.2, 0.25) is 5.91 Å². The molecule has 2 N–H and O–H groups in total. The second-order valence-electron chi connectivity index (χ2n) is 3.33. The van der Waals surface area contributed by atoms with Crippen LogP contribution in [0.1, 0.15) is 19.8 Å². The molecule has 0 aromatic carbocycles. The molecule has 1 fully saturated rings. The molecule has 1 heterocycles. The summed E-state index contributed by atoms with van der Waals surface area (Å²) in [5.74, 6) is 2.26. The van der Waals surface area contributed by atoms with E-state index in [2.05, 4.69) is 6.92 Å². The standard InChI is InChI=1S/C9H18N2OS/c1-2-3-8(10)9(12)11-4-6-13-7-5-11/h8H,2-7,10H2,1H3/t8-/m0/s1. The first-order valence-electron chi connectivity index (χ1n) is 4.87. The van der Waals surface area contributed by atoms with Gasteiger partial charge >= 0.3 is 0 Å². The minimum Gasteiger partial charge on any atom is -0.340 e. The molecule has 0 spiro atoms. The highest BCUT2D eigenvalue weighted by Gasteiger charge is 2.21. The summed E-state index contributed by atoms with van der Waals surface area (Å²) in [6.07, 6.45) is 1.79. The lowest BCUT2D eigenvalue weighted by atomic mass is 10.1. The average molecular weight is 202 g/mol. The number of hydrogen-bond acceptors (Lipinski definition) is 3. The van der Waals surface area contributed by atoms with Crippen LogP contribution in [-0.2, 0) is 4.79 Å². The molecular formula is C9H18N2OS. The Morgan fingerprint density at radius 1 is 1.54 bits per heavy atom. The van der Waals surface area contributed by atoms with Crippen LogP contribution < -0.4 is 5.73 Å². The van der Waals surface area contributed by atoms with E-state index in [0.29, 0.717) is 0 Å². The number of amides is 1. The van der Waals surface area contributed by atoms with Crippen molar-refractivity contribution in [1.29, 1.82) is 0 Å². The van der Waals surface area contributed by atoms with Crippen molar-refractivity contribution < 1.29 is 4.79 Å². The van der Waals surface area contributed by atoms with Crippen LogP contribution in [0.3, 0.4) is 0 Å². The van der Waals surface area contributed by atoms with Crippen LogP contribution in [0.15, 0.2) is 0 Å². The number of rotatable bonds is 3. The molecule has 1 saturated heterocycles. The maximum Gasteiger partial charge on any atom is 0.239 e. The highest BCUT2D eigenvalue weighted by atomic mass is 32.2. The van der Waals surface area contributed by atoms with Gasteiger partial charge in [0.05, 0.1) is 6.04 Å². The SMILES string of the molecule is CCC[C@H](N)C(=O)N1CCSCC1. The van der Waals surface area contributed by atoms with Crippen LogP contribution in [-0.4, -0.2) is 41.4 Å². The Bertz CT molecular complexity index is 169. The molecule has 0 bridgehead atoms. The zero-order chi connectivity index (χ0) is 9.68. The monoisotopic (exact) mass is 202 g/mol. The molecule has 0 aromatic heterocycles. The lowest BCUT2D eigenvalue weighted by molar-refractivity contribution is -0.132. The summed E-state index contributed by atoms with van der Waals surface area (Å²) in [5.41, 5.74) is 5.76. The van der Waals surface area contributed by atoms with Gasteiger partial charge in [0, 0.05) is 24.6 Å². The third kappa shape index (κ3) is 3.19. The van der Waals surface area contributed by atoms with Crippen molar-refractivity contribution in [2.45, 2.75) is 25.8 Å². The summed E-state index contributed by atoms with van der Waals surface area (Å²) in [6.45, 7) is 3.81. The van der Waals surface area contributed by atoms with Crippen LogP contribution in [0.4, 0.5) is 0 Å². The van der Waals surface area contributed by atoms with Gasteiger partial charge in [0.1, 0.15) is 0 Å². The highest BCUT2D eigenvalue weighted by molar-refractivity contribution is 7.99. The number of carbonyl (C=O) groups excluding carboxylic acids is 1. The fourth-order valence-electron chi connectivity index (χ4n) is 1.45. The van der Waals surface area contributed by atoms with Crippen LogP contribution in [0.5, 0.6) is 0 Å². The minimum atomic E-state index is -0.270. The molecule has 1 rings (SSSR count). The molecule has 0 saturated carbocycles. The maximum atomic E-state index is 11.7. The predicted octanol–water partition coefficient (Wildman–Crippen LogP) is 0.689. The second-order valence-corrected chi connectivity index (χ2v) is 4.56. The molecule has 0 radical (unpaired) electrons. The minimum absolute atomic E-state index is 0.141. The van der Waals surface area contributed by atoms with E-state index in [4.69, 9.17) is 5.73 Å². The largest absolute Gasteiger partial charge is 0.340 e. The van der Waals surface area contributed by atoms with Crippen LogP contribution in [0, 0.1) is 0 Å². The van der Waals surface area contributed by atoms with Crippen molar-refractivity contribution in [3.05, 3.63) is 0 Å². The summed E-state index contributed by atoms with van der Waals surface area (Å²) < 4.78 is 0. The molecule has 76 valence electrons. The molecule has 3 nitrogen and oxygen atoms in total. The molecule has 0 unspecified atom stereocenters. The van der Waals surface area contributed by atoms with Crippen molar-refractivity contribution in [2.24, 2.45) is 5.73 Å². The van der Waals surface area contributed by atoms with Gasteiger partial charge in [-0.25, -0.2) is 0 Å². The van der Waals surface area contributed by atoms with Crippen LogP contribution in [0.25, 0.3) is 0 Å². The average Bonchev–Trinajstić information content (AvgIpc) is 2.18. The number of nitrogens with zero attached hydrogens (tertiary/aromatic N) is 1.